The van der Waals surface area contributed by atoms with Gasteiger partial charge < -0.3 is 10.1 Å². The highest BCUT2D eigenvalue weighted by molar-refractivity contribution is 9.10. The Morgan fingerprint density at radius 3 is 2.54 bits per heavy atom. The topological polar surface area (TPSA) is 50.4 Å². The van der Waals surface area contributed by atoms with Crippen LogP contribution < -0.4 is 15.4 Å². The number of hydrogen-bond acceptors (Lipinski definition) is 3. The van der Waals surface area contributed by atoms with E-state index in [2.05, 4.69) is 26.6 Å². The van der Waals surface area contributed by atoms with Crippen molar-refractivity contribution in [2.75, 3.05) is 0 Å². The maximum absolute atomic E-state index is 12.9. The monoisotopic (exact) mass is 406 g/mol. The fraction of sp³-hybridized carbons (Fsp3) is 0.0588. The molecule has 0 aliphatic carbocycles. The summed E-state index contributed by atoms with van der Waals surface area (Å²) in [6, 6.07) is 11.6. The minimum Gasteiger partial charge on any atom is -0.488 e. The molecular weight excluding hydrogens is 395 g/mol. The normalized spacial score (nSPS) is 15.3. The molecule has 1 fully saturated rings. The van der Waals surface area contributed by atoms with Crippen molar-refractivity contribution < 1.29 is 13.9 Å². The molecule has 1 heterocycles. The van der Waals surface area contributed by atoms with Gasteiger partial charge >= 0.3 is 0 Å². The molecule has 0 unspecified atom stereocenters. The molecule has 0 radical (unpaired) electrons. The zero-order valence-electron chi connectivity index (χ0n) is 12.3. The average Bonchev–Trinajstić information content (AvgIpc) is 2.86. The Kier molecular flexibility index (Phi) is 4.92. The second kappa shape index (κ2) is 7.11. The third-order valence-electron chi connectivity index (χ3n) is 3.29. The van der Waals surface area contributed by atoms with E-state index in [9.17, 15) is 9.18 Å². The van der Waals surface area contributed by atoms with Gasteiger partial charge in [-0.05, 0) is 69.6 Å². The van der Waals surface area contributed by atoms with Crippen LogP contribution in [-0.4, -0.2) is 11.0 Å². The molecule has 1 aliphatic heterocycles. The highest BCUT2D eigenvalue weighted by Crippen LogP contribution is 2.27. The van der Waals surface area contributed by atoms with Gasteiger partial charge in [0, 0.05) is 0 Å². The Bertz CT molecular complexity index is 837. The van der Waals surface area contributed by atoms with Gasteiger partial charge in [0.1, 0.15) is 23.9 Å². The van der Waals surface area contributed by atoms with Crippen LogP contribution in [0.3, 0.4) is 0 Å². The van der Waals surface area contributed by atoms with E-state index < -0.39 is 0 Å². The van der Waals surface area contributed by atoms with Crippen LogP contribution in [0.2, 0.25) is 0 Å². The van der Waals surface area contributed by atoms with E-state index in [0.29, 0.717) is 23.2 Å². The quantitative estimate of drug-likeness (QED) is 0.602. The summed E-state index contributed by atoms with van der Waals surface area (Å²) in [7, 11) is 0. The van der Waals surface area contributed by atoms with Gasteiger partial charge in [-0.1, -0.05) is 18.2 Å². The van der Waals surface area contributed by atoms with Crippen molar-refractivity contribution in [1.82, 2.24) is 10.6 Å². The van der Waals surface area contributed by atoms with Gasteiger partial charge in [-0.3, -0.25) is 10.1 Å². The lowest BCUT2D eigenvalue weighted by molar-refractivity contribution is -0.115. The minimum absolute atomic E-state index is 0.257. The van der Waals surface area contributed by atoms with Crippen LogP contribution >= 0.6 is 28.1 Å². The highest BCUT2D eigenvalue weighted by atomic mass is 79.9. The van der Waals surface area contributed by atoms with Gasteiger partial charge in [-0.2, -0.15) is 0 Å². The van der Waals surface area contributed by atoms with Gasteiger partial charge in [-0.15, -0.1) is 0 Å². The van der Waals surface area contributed by atoms with Gasteiger partial charge in [0.25, 0.3) is 5.91 Å². The molecule has 2 N–H and O–H groups in total. The molecule has 0 spiro atoms. The van der Waals surface area contributed by atoms with Gasteiger partial charge in [-0.25, -0.2) is 4.39 Å². The molecule has 0 saturated carbocycles. The number of hydrogen-bond donors (Lipinski definition) is 2. The number of amides is 1. The summed E-state index contributed by atoms with van der Waals surface area (Å²) < 4.78 is 19.4. The van der Waals surface area contributed by atoms with E-state index in [1.165, 1.54) is 12.1 Å². The second-order valence-electron chi connectivity index (χ2n) is 5.07. The van der Waals surface area contributed by atoms with Gasteiger partial charge in [0.2, 0.25) is 0 Å². The fourth-order valence-electron chi connectivity index (χ4n) is 2.11. The number of nitrogens with one attached hydrogen (secondary N) is 2. The number of benzene rings is 2. The lowest BCUT2D eigenvalue weighted by Gasteiger charge is -2.09. The highest BCUT2D eigenvalue weighted by Gasteiger charge is 2.19. The number of carbonyl (C=O) groups is 1. The first-order chi connectivity index (χ1) is 11.5. The van der Waals surface area contributed by atoms with Gasteiger partial charge in [0.15, 0.2) is 5.11 Å². The maximum Gasteiger partial charge on any atom is 0.273 e. The molecule has 1 saturated heterocycles. The van der Waals surface area contributed by atoms with Gasteiger partial charge in [0.05, 0.1) is 4.47 Å². The smallest absolute Gasteiger partial charge is 0.273 e. The van der Waals surface area contributed by atoms with Crippen LogP contribution in [0.25, 0.3) is 6.08 Å². The Balaban J connectivity index is 1.70. The lowest BCUT2D eigenvalue weighted by Crippen LogP contribution is -2.21. The molecule has 1 amide bonds. The van der Waals surface area contributed by atoms with Crippen molar-refractivity contribution in [3.63, 3.8) is 0 Å². The largest absolute Gasteiger partial charge is 0.488 e. The number of rotatable bonds is 4. The summed E-state index contributed by atoms with van der Waals surface area (Å²) in [4.78, 5) is 11.6. The summed E-state index contributed by atoms with van der Waals surface area (Å²) >= 11 is 8.34. The maximum atomic E-state index is 12.9. The number of ether oxygens (including phenoxy) is 1. The lowest BCUT2D eigenvalue weighted by atomic mass is 10.2. The third kappa shape index (κ3) is 3.98. The Morgan fingerprint density at radius 2 is 1.92 bits per heavy atom. The first-order valence-electron chi connectivity index (χ1n) is 7.02. The molecule has 4 nitrogen and oxygen atoms in total. The summed E-state index contributed by atoms with van der Waals surface area (Å²) in [6.07, 6.45) is 1.70. The zero-order valence-corrected chi connectivity index (χ0v) is 14.7. The average molecular weight is 407 g/mol. The molecule has 2 aromatic rings. The van der Waals surface area contributed by atoms with Crippen molar-refractivity contribution >= 4 is 45.2 Å². The summed E-state index contributed by atoms with van der Waals surface area (Å²) in [5.74, 6) is 0.120. The molecule has 1 aliphatic rings. The van der Waals surface area contributed by atoms with E-state index in [1.54, 1.807) is 24.3 Å². The predicted molar refractivity (Wildman–Crippen MR) is 96.7 cm³/mol. The SMILES string of the molecule is O=C1NC(=S)NC1=Cc1ccc(OCc2ccc(F)cc2)c(Br)c1. The first kappa shape index (κ1) is 16.6. The number of carbonyl (C=O) groups excluding carboxylic acids is 1. The predicted octanol–water partition coefficient (Wildman–Crippen LogP) is 3.51. The molecule has 2 aromatic carbocycles. The molecule has 7 heteroatoms. The molecule has 24 heavy (non-hydrogen) atoms. The standard InChI is InChI=1S/C17H12BrFN2O2S/c18-13-7-11(8-14-16(22)21-17(24)20-14)3-6-15(13)23-9-10-1-4-12(19)5-2-10/h1-8H,9H2,(H2,20,21,22,24). The van der Waals surface area contributed by atoms with Crippen molar-refractivity contribution in [2.24, 2.45) is 0 Å². The number of thiocarbonyl (C=S) groups is 1. The van der Waals surface area contributed by atoms with Crippen LogP contribution in [0.1, 0.15) is 11.1 Å². The summed E-state index contributed by atoms with van der Waals surface area (Å²) in [5, 5.41) is 5.59. The van der Waals surface area contributed by atoms with E-state index in [4.69, 9.17) is 17.0 Å². The zero-order chi connectivity index (χ0) is 17.1. The fourth-order valence-corrected chi connectivity index (χ4v) is 2.83. The molecule has 0 bridgehead atoms. The van der Waals surface area contributed by atoms with Crippen molar-refractivity contribution in [1.29, 1.82) is 0 Å². The molecule has 0 aromatic heterocycles. The van der Waals surface area contributed by atoms with E-state index in [0.717, 1.165) is 15.6 Å². The van der Waals surface area contributed by atoms with Crippen LogP contribution in [0.15, 0.2) is 52.6 Å². The van der Waals surface area contributed by atoms with Crippen molar-refractivity contribution in [3.05, 3.63) is 69.6 Å². The van der Waals surface area contributed by atoms with E-state index in [-0.39, 0.29) is 11.7 Å². The van der Waals surface area contributed by atoms with Crippen LogP contribution in [-0.2, 0) is 11.4 Å². The molecule has 3 rings (SSSR count). The van der Waals surface area contributed by atoms with Crippen LogP contribution in [0, 0.1) is 5.82 Å². The van der Waals surface area contributed by atoms with Crippen molar-refractivity contribution in [2.45, 2.75) is 6.61 Å². The van der Waals surface area contributed by atoms with Crippen molar-refractivity contribution in [3.8, 4) is 5.75 Å². The Hall–Kier alpha value is -2.25. The summed E-state index contributed by atoms with van der Waals surface area (Å²) in [5.41, 5.74) is 2.08. The third-order valence-corrected chi connectivity index (χ3v) is 4.12. The first-order valence-corrected chi connectivity index (χ1v) is 8.22. The van der Waals surface area contributed by atoms with E-state index in [1.807, 2.05) is 12.1 Å². The van der Waals surface area contributed by atoms with Crippen LogP contribution in [0.5, 0.6) is 5.75 Å². The molecule has 0 atom stereocenters. The Morgan fingerprint density at radius 1 is 1.17 bits per heavy atom. The Labute approximate surface area is 151 Å². The second-order valence-corrected chi connectivity index (χ2v) is 6.33. The molecule has 122 valence electrons. The molecular formula is C17H12BrFN2O2S. The number of halogens is 2. The minimum atomic E-state index is -0.277. The summed E-state index contributed by atoms with van der Waals surface area (Å²) in [6.45, 7) is 0.331. The van der Waals surface area contributed by atoms with Crippen LogP contribution in [0.4, 0.5) is 4.39 Å². The van der Waals surface area contributed by atoms with E-state index >= 15 is 0 Å².